The molecule has 1 aromatic heterocycles. The Morgan fingerprint density at radius 2 is 1.85 bits per heavy atom. The Hall–Kier alpha value is -1.97. The van der Waals surface area contributed by atoms with Crippen LogP contribution in [0.3, 0.4) is 0 Å². The highest BCUT2D eigenvalue weighted by molar-refractivity contribution is 5.77. The fraction of sp³-hybridized carbons (Fsp3) is 0. The fourth-order valence-electron chi connectivity index (χ4n) is 1.22. The van der Waals surface area contributed by atoms with Crippen molar-refractivity contribution in [2.24, 2.45) is 0 Å². The first kappa shape index (κ1) is 7.67. The smallest absolute Gasteiger partial charge is 0.420 e. The van der Waals surface area contributed by atoms with Crippen LogP contribution in [0.25, 0.3) is 10.9 Å². The van der Waals surface area contributed by atoms with Gasteiger partial charge in [0.2, 0.25) is 11.3 Å². The average Bonchev–Trinajstić information content (AvgIpc) is 2.15. The second-order valence-electron chi connectivity index (χ2n) is 2.71. The summed E-state index contributed by atoms with van der Waals surface area (Å²) in [6.07, 6.45) is 0. The van der Waals surface area contributed by atoms with Crippen LogP contribution in [-0.4, -0.2) is 10.2 Å². The maximum atomic E-state index is 11.3. The number of hydrogen-bond donors (Lipinski definition) is 2. The van der Waals surface area contributed by atoms with Crippen LogP contribution in [0.2, 0.25) is 0 Å². The third-order valence-electron chi connectivity index (χ3n) is 1.87. The Kier molecular flexibility index (Phi) is 1.48. The lowest BCUT2D eigenvalue weighted by Gasteiger charge is -2.03. The van der Waals surface area contributed by atoms with Crippen LogP contribution >= 0.6 is 0 Å². The highest BCUT2D eigenvalue weighted by Gasteiger charge is 2.14. The number of aromatic hydroxyl groups is 2. The summed E-state index contributed by atoms with van der Waals surface area (Å²) in [7, 11) is 0. The molecule has 0 aliphatic heterocycles. The third kappa shape index (κ3) is 1.03. The van der Waals surface area contributed by atoms with Crippen LogP contribution in [0.15, 0.2) is 30.3 Å². The molecule has 0 aliphatic carbocycles. The summed E-state index contributed by atoms with van der Waals surface area (Å²) in [5.41, 5.74) is 0.331. The molecule has 2 rings (SSSR count). The molecule has 2 aromatic rings. The first-order valence-corrected chi connectivity index (χ1v) is 3.73. The van der Waals surface area contributed by atoms with E-state index in [1.54, 1.807) is 24.3 Å². The van der Waals surface area contributed by atoms with E-state index in [0.29, 0.717) is 15.6 Å². The lowest BCUT2D eigenvalue weighted by molar-refractivity contribution is -0.586. The molecule has 1 aromatic carbocycles. The zero-order valence-electron chi connectivity index (χ0n) is 6.64. The van der Waals surface area contributed by atoms with Crippen LogP contribution in [0.4, 0.5) is 0 Å². The first-order valence-electron chi connectivity index (χ1n) is 3.73. The highest BCUT2D eigenvalue weighted by Crippen LogP contribution is 2.24. The minimum absolute atomic E-state index is 0.296. The molecule has 0 saturated heterocycles. The molecule has 2 N–H and O–H groups in total. The predicted molar refractivity (Wildman–Crippen MR) is 46.2 cm³/mol. The van der Waals surface area contributed by atoms with Crippen LogP contribution in [0.5, 0.6) is 11.6 Å². The molecule has 0 radical (unpaired) electrons. The summed E-state index contributed by atoms with van der Waals surface area (Å²) in [6, 6.07) is 8.04. The molecule has 1 heterocycles. The number of rotatable bonds is 0. The van der Waals surface area contributed by atoms with Gasteiger partial charge in [0.05, 0.1) is 5.39 Å². The first-order chi connectivity index (χ1) is 6.20. The van der Waals surface area contributed by atoms with Crippen molar-refractivity contribution in [3.8, 4) is 11.6 Å². The van der Waals surface area contributed by atoms with E-state index in [2.05, 4.69) is 0 Å². The van der Waals surface area contributed by atoms with E-state index >= 15 is 0 Å². The second kappa shape index (κ2) is 2.52. The maximum absolute atomic E-state index is 11.3. The van der Waals surface area contributed by atoms with E-state index in [9.17, 15) is 5.21 Å². The Labute approximate surface area is 73.9 Å². The molecule has 0 unspecified atom stereocenters. The monoisotopic (exact) mass is 177 g/mol. The third-order valence-corrected chi connectivity index (χ3v) is 1.87. The van der Waals surface area contributed by atoms with Gasteiger partial charge in [0.1, 0.15) is 0 Å². The number of nitrogens with zero attached hydrogens (tertiary/aromatic N) is 1. The summed E-state index contributed by atoms with van der Waals surface area (Å²) < 4.78 is 0.296. The Morgan fingerprint density at radius 3 is 2.62 bits per heavy atom. The largest absolute Gasteiger partial charge is 0.615 e. The van der Waals surface area contributed by atoms with E-state index in [1.807, 2.05) is 0 Å². The molecule has 0 aliphatic rings. The SMILES string of the molecule is [O-][n+]1c(O)c(O)cc2ccccc21. The van der Waals surface area contributed by atoms with E-state index in [-0.39, 0.29) is 0 Å². The molecule has 0 atom stereocenters. The predicted octanol–water partition coefficient (Wildman–Crippen LogP) is 0.884. The van der Waals surface area contributed by atoms with Gasteiger partial charge in [-0.3, -0.25) is 0 Å². The normalized spacial score (nSPS) is 10.5. The number of benzene rings is 1. The minimum Gasteiger partial charge on any atom is -0.615 e. The molecule has 0 amide bonds. The fourth-order valence-corrected chi connectivity index (χ4v) is 1.22. The van der Waals surface area contributed by atoms with Crippen molar-refractivity contribution >= 4 is 10.9 Å². The lowest BCUT2D eigenvalue weighted by atomic mass is 10.2. The van der Waals surface area contributed by atoms with Gasteiger partial charge < -0.3 is 15.4 Å². The van der Waals surface area contributed by atoms with Gasteiger partial charge in [0.25, 0.3) is 0 Å². The molecule has 66 valence electrons. The highest BCUT2D eigenvalue weighted by atomic mass is 16.5. The summed E-state index contributed by atoms with van der Waals surface area (Å²) in [4.78, 5) is 0. The number of fused-ring (bicyclic) bond motifs is 1. The van der Waals surface area contributed by atoms with Crippen LogP contribution in [0.1, 0.15) is 0 Å². The molecule has 0 fully saturated rings. The lowest BCUT2D eigenvalue weighted by Crippen LogP contribution is -2.26. The molecule has 0 saturated carbocycles. The standard InChI is InChI=1S/C9H7NO3/c11-8-5-6-3-1-2-4-7(6)10(13)9(8)12/h1-5,11-12H. The van der Waals surface area contributed by atoms with Crippen molar-refractivity contribution in [3.05, 3.63) is 35.5 Å². The molecule has 13 heavy (non-hydrogen) atoms. The minimum atomic E-state index is -0.668. The number of pyridine rings is 1. The Balaban J connectivity index is 2.94. The quantitative estimate of drug-likeness (QED) is 0.463. The van der Waals surface area contributed by atoms with Crippen molar-refractivity contribution in [3.63, 3.8) is 0 Å². The van der Waals surface area contributed by atoms with E-state index < -0.39 is 11.6 Å². The van der Waals surface area contributed by atoms with Crippen molar-refractivity contribution < 1.29 is 14.9 Å². The van der Waals surface area contributed by atoms with Crippen LogP contribution < -0.4 is 4.73 Å². The molecular formula is C9H7NO3. The number of aromatic nitrogens is 1. The van der Waals surface area contributed by atoms with Gasteiger partial charge in [-0.25, -0.2) is 0 Å². The zero-order chi connectivity index (χ0) is 9.42. The summed E-state index contributed by atoms with van der Waals surface area (Å²) in [6.45, 7) is 0. The van der Waals surface area contributed by atoms with Crippen molar-refractivity contribution in [2.75, 3.05) is 0 Å². The van der Waals surface area contributed by atoms with Crippen LogP contribution in [-0.2, 0) is 0 Å². The molecule has 4 heteroatoms. The van der Waals surface area contributed by atoms with Gasteiger partial charge in [0.15, 0.2) is 0 Å². The molecule has 0 spiro atoms. The van der Waals surface area contributed by atoms with Crippen molar-refractivity contribution in [1.82, 2.24) is 0 Å². The van der Waals surface area contributed by atoms with E-state index in [1.165, 1.54) is 6.07 Å². The Bertz CT molecular complexity index is 468. The van der Waals surface area contributed by atoms with Gasteiger partial charge in [-0.2, -0.15) is 0 Å². The van der Waals surface area contributed by atoms with Gasteiger partial charge in [0, 0.05) is 12.1 Å². The summed E-state index contributed by atoms with van der Waals surface area (Å²) >= 11 is 0. The van der Waals surface area contributed by atoms with Gasteiger partial charge >= 0.3 is 5.88 Å². The van der Waals surface area contributed by atoms with Crippen molar-refractivity contribution in [2.45, 2.75) is 0 Å². The van der Waals surface area contributed by atoms with Crippen molar-refractivity contribution in [1.29, 1.82) is 0 Å². The van der Waals surface area contributed by atoms with E-state index in [0.717, 1.165) is 0 Å². The number of hydrogen-bond acceptors (Lipinski definition) is 3. The maximum Gasteiger partial charge on any atom is 0.420 e. The molecule has 0 bridgehead atoms. The van der Waals surface area contributed by atoms with Gasteiger partial charge in [-0.05, 0) is 6.07 Å². The second-order valence-corrected chi connectivity index (χ2v) is 2.71. The zero-order valence-corrected chi connectivity index (χ0v) is 6.64. The van der Waals surface area contributed by atoms with Gasteiger partial charge in [-0.1, -0.05) is 12.1 Å². The van der Waals surface area contributed by atoms with Gasteiger partial charge in [-0.15, -0.1) is 4.73 Å². The van der Waals surface area contributed by atoms with Crippen LogP contribution in [0, 0.1) is 5.21 Å². The summed E-state index contributed by atoms with van der Waals surface area (Å²) in [5, 5.41) is 30.1. The van der Waals surface area contributed by atoms with E-state index in [4.69, 9.17) is 10.2 Å². The average molecular weight is 177 g/mol. The number of para-hydroxylation sites is 1. The molecule has 4 nitrogen and oxygen atoms in total. The molecular weight excluding hydrogens is 170 g/mol. The topological polar surface area (TPSA) is 67.4 Å². The Morgan fingerprint density at radius 1 is 1.15 bits per heavy atom. The summed E-state index contributed by atoms with van der Waals surface area (Å²) in [5.74, 6) is -1.08.